The number of guanidine groups is 1. The number of ether oxygens (including phenoxy) is 1. The van der Waals surface area contributed by atoms with E-state index >= 15 is 0 Å². The van der Waals surface area contributed by atoms with E-state index in [1.54, 1.807) is 0 Å². The van der Waals surface area contributed by atoms with Gasteiger partial charge in [0.2, 0.25) is 5.91 Å². The Kier molecular flexibility index (Phi) is 8.76. The monoisotopic (exact) mass is 422 g/mol. The number of para-hydroxylation sites is 1. The van der Waals surface area contributed by atoms with Gasteiger partial charge in [0.05, 0.1) is 13.2 Å². The molecular weight excluding hydrogens is 388 g/mol. The van der Waals surface area contributed by atoms with Crippen LogP contribution in [-0.2, 0) is 24.3 Å². The van der Waals surface area contributed by atoms with Crippen LogP contribution in [0.5, 0.6) is 5.75 Å². The zero-order valence-corrected chi connectivity index (χ0v) is 18.7. The molecule has 0 unspecified atom stereocenters. The number of carbonyl (C=O) groups excluding carboxylic acids is 1. The highest BCUT2D eigenvalue weighted by molar-refractivity contribution is 5.80. The fourth-order valence-corrected chi connectivity index (χ4v) is 3.75. The minimum absolute atomic E-state index is 0.226. The van der Waals surface area contributed by atoms with E-state index in [-0.39, 0.29) is 5.91 Å². The Morgan fingerprint density at radius 1 is 1.06 bits per heavy atom. The van der Waals surface area contributed by atoms with Crippen LogP contribution in [0.3, 0.4) is 0 Å². The molecule has 0 bridgehead atoms. The van der Waals surface area contributed by atoms with Gasteiger partial charge in [-0.25, -0.2) is 4.99 Å². The van der Waals surface area contributed by atoms with Crippen LogP contribution in [0.15, 0.2) is 53.5 Å². The number of benzene rings is 2. The van der Waals surface area contributed by atoms with Crippen LogP contribution in [0.2, 0.25) is 0 Å². The Balaban J connectivity index is 1.45. The lowest BCUT2D eigenvalue weighted by Crippen LogP contribution is -2.39. The Morgan fingerprint density at radius 3 is 2.65 bits per heavy atom. The van der Waals surface area contributed by atoms with Gasteiger partial charge < -0.3 is 20.3 Å². The summed E-state index contributed by atoms with van der Waals surface area (Å²) in [6.45, 7) is 8.23. The molecule has 0 radical (unpaired) electrons. The van der Waals surface area contributed by atoms with E-state index < -0.39 is 0 Å². The van der Waals surface area contributed by atoms with Crippen molar-refractivity contribution in [2.24, 2.45) is 4.99 Å². The van der Waals surface area contributed by atoms with Crippen LogP contribution in [0.25, 0.3) is 0 Å². The fourth-order valence-electron chi connectivity index (χ4n) is 3.75. The van der Waals surface area contributed by atoms with Crippen molar-refractivity contribution in [1.29, 1.82) is 0 Å². The first kappa shape index (κ1) is 22.7. The molecule has 1 aliphatic heterocycles. The maximum atomic E-state index is 12.6. The number of hydrogen-bond acceptors (Lipinski definition) is 3. The average Bonchev–Trinajstić information content (AvgIpc) is 2.80. The van der Waals surface area contributed by atoms with E-state index in [1.165, 1.54) is 11.1 Å². The summed E-state index contributed by atoms with van der Waals surface area (Å²) in [5.41, 5.74) is 3.70. The van der Waals surface area contributed by atoms with E-state index in [1.807, 2.05) is 49.1 Å². The average molecular weight is 423 g/mol. The molecule has 31 heavy (non-hydrogen) atoms. The van der Waals surface area contributed by atoms with Crippen LogP contribution < -0.4 is 15.4 Å². The van der Waals surface area contributed by atoms with Gasteiger partial charge in [-0.2, -0.15) is 0 Å². The molecule has 6 heteroatoms. The van der Waals surface area contributed by atoms with Crippen molar-refractivity contribution >= 4 is 11.9 Å². The molecule has 0 saturated carbocycles. The molecule has 0 spiro atoms. The van der Waals surface area contributed by atoms with Gasteiger partial charge in [0.15, 0.2) is 5.96 Å². The van der Waals surface area contributed by atoms with Crippen LogP contribution in [0, 0.1) is 0 Å². The zero-order chi connectivity index (χ0) is 21.9. The molecule has 0 atom stereocenters. The minimum Gasteiger partial charge on any atom is -0.494 e. The van der Waals surface area contributed by atoms with Crippen LogP contribution in [0.4, 0.5) is 0 Å². The predicted molar refractivity (Wildman–Crippen MR) is 125 cm³/mol. The summed E-state index contributed by atoms with van der Waals surface area (Å²) in [6, 6.07) is 16.4. The number of rotatable bonds is 9. The highest BCUT2D eigenvalue weighted by Gasteiger charge is 2.19. The van der Waals surface area contributed by atoms with Crippen molar-refractivity contribution in [3.8, 4) is 5.75 Å². The molecule has 1 amide bonds. The summed E-state index contributed by atoms with van der Waals surface area (Å²) < 4.78 is 5.68. The van der Waals surface area contributed by atoms with E-state index in [9.17, 15) is 4.79 Å². The standard InChI is InChI=1S/C25H34N4O2/c1-3-26-25(28-18-21-11-7-8-13-23(21)31-4-2)27-16-9-14-24(30)29-17-15-20-10-5-6-12-22(20)19-29/h5-8,10-13H,3-4,9,14-19H2,1-2H3,(H2,26,27,28). The maximum absolute atomic E-state index is 12.6. The lowest BCUT2D eigenvalue weighted by atomic mass is 9.99. The van der Waals surface area contributed by atoms with Crippen molar-refractivity contribution in [3.05, 3.63) is 65.2 Å². The summed E-state index contributed by atoms with van der Waals surface area (Å²) in [5.74, 6) is 1.86. The number of fused-ring (bicyclic) bond motifs is 1. The third-order valence-electron chi connectivity index (χ3n) is 5.37. The summed E-state index contributed by atoms with van der Waals surface area (Å²) in [7, 11) is 0. The quantitative estimate of drug-likeness (QED) is 0.369. The van der Waals surface area contributed by atoms with Crippen molar-refractivity contribution in [2.45, 2.75) is 46.2 Å². The van der Waals surface area contributed by atoms with Gasteiger partial charge in [-0.3, -0.25) is 4.79 Å². The molecule has 2 aromatic carbocycles. The summed E-state index contributed by atoms with van der Waals surface area (Å²) in [6.07, 6.45) is 2.26. The molecule has 3 rings (SSSR count). The number of nitrogens with zero attached hydrogens (tertiary/aromatic N) is 2. The van der Waals surface area contributed by atoms with Gasteiger partial charge in [-0.15, -0.1) is 0 Å². The first-order valence-corrected chi connectivity index (χ1v) is 11.3. The SMILES string of the molecule is CCNC(=NCc1ccccc1OCC)NCCCC(=O)N1CCc2ccccc2C1. The van der Waals surface area contributed by atoms with Gasteiger partial charge >= 0.3 is 0 Å². The first-order chi connectivity index (χ1) is 15.2. The topological polar surface area (TPSA) is 66.0 Å². The largest absolute Gasteiger partial charge is 0.494 e. The molecule has 0 aromatic heterocycles. The van der Waals surface area contributed by atoms with Crippen LogP contribution >= 0.6 is 0 Å². The van der Waals surface area contributed by atoms with Crippen molar-refractivity contribution < 1.29 is 9.53 Å². The number of hydrogen-bond donors (Lipinski definition) is 2. The summed E-state index contributed by atoms with van der Waals surface area (Å²) >= 11 is 0. The van der Waals surface area contributed by atoms with E-state index in [2.05, 4.69) is 33.8 Å². The molecule has 1 heterocycles. The van der Waals surface area contributed by atoms with Crippen molar-refractivity contribution in [1.82, 2.24) is 15.5 Å². The van der Waals surface area contributed by atoms with E-state index in [0.29, 0.717) is 26.1 Å². The van der Waals surface area contributed by atoms with Gasteiger partial charge in [-0.05, 0) is 43.9 Å². The van der Waals surface area contributed by atoms with E-state index in [0.717, 1.165) is 49.7 Å². The molecule has 1 aliphatic rings. The number of aliphatic imine (C=N–C) groups is 1. The second kappa shape index (κ2) is 12.0. The minimum atomic E-state index is 0.226. The Morgan fingerprint density at radius 2 is 1.84 bits per heavy atom. The Bertz CT molecular complexity index is 881. The number of nitrogens with one attached hydrogen (secondary N) is 2. The van der Waals surface area contributed by atoms with Crippen LogP contribution in [-0.4, -0.2) is 43.0 Å². The molecule has 0 saturated heterocycles. The van der Waals surface area contributed by atoms with Crippen LogP contribution in [0.1, 0.15) is 43.4 Å². The molecule has 2 aromatic rings. The maximum Gasteiger partial charge on any atom is 0.222 e. The second-order valence-electron chi connectivity index (χ2n) is 7.60. The summed E-state index contributed by atoms with van der Waals surface area (Å²) in [4.78, 5) is 19.3. The van der Waals surface area contributed by atoms with Gasteiger partial charge in [0.25, 0.3) is 0 Å². The van der Waals surface area contributed by atoms with Gasteiger partial charge in [0, 0.05) is 38.2 Å². The van der Waals surface area contributed by atoms with Crippen molar-refractivity contribution in [3.63, 3.8) is 0 Å². The van der Waals surface area contributed by atoms with E-state index in [4.69, 9.17) is 4.74 Å². The lowest BCUT2D eigenvalue weighted by Gasteiger charge is -2.29. The summed E-state index contributed by atoms with van der Waals surface area (Å²) in [5, 5.41) is 6.61. The molecule has 0 aliphatic carbocycles. The number of amides is 1. The number of carbonyl (C=O) groups is 1. The third kappa shape index (κ3) is 6.74. The third-order valence-corrected chi connectivity index (χ3v) is 5.37. The highest BCUT2D eigenvalue weighted by Crippen LogP contribution is 2.20. The van der Waals surface area contributed by atoms with Gasteiger partial charge in [0.1, 0.15) is 5.75 Å². The highest BCUT2D eigenvalue weighted by atomic mass is 16.5. The molecular formula is C25H34N4O2. The molecule has 6 nitrogen and oxygen atoms in total. The normalized spacial score (nSPS) is 13.5. The fraction of sp³-hybridized carbons (Fsp3) is 0.440. The predicted octanol–water partition coefficient (Wildman–Crippen LogP) is 3.51. The molecule has 166 valence electrons. The smallest absolute Gasteiger partial charge is 0.222 e. The molecule has 2 N–H and O–H groups in total. The van der Waals surface area contributed by atoms with Crippen molar-refractivity contribution in [2.75, 3.05) is 26.2 Å². The lowest BCUT2D eigenvalue weighted by molar-refractivity contribution is -0.132. The Labute approximate surface area is 185 Å². The second-order valence-corrected chi connectivity index (χ2v) is 7.60. The zero-order valence-electron chi connectivity index (χ0n) is 18.7. The molecule has 0 fully saturated rings. The van der Waals surface area contributed by atoms with Gasteiger partial charge in [-0.1, -0.05) is 42.5 Å². The Hall–Kier alpha value is -3.02. The first-order valence-electron chi connectivity index (χ1n) is 11.3.